The summed E-state index contributed by atoms with van der Waals surface area (Å²) in [6.45, 7) is 13.4. The van der Waals surface area contributed by atoms with E-state index < -0.39 is 0 Å². The highest BCUT2D eigenvalue weighted by Gasteiger charge is 2.20. The molecule has 0 aliphatic heterocycles. The smallest absolute Gasteiger partial charge is 0.00995 e. The van der Waals surface area contributed by atoms with Gasteiger partial charge in [0.05, 0.1) is 0 Å². The van der Waals surface area contributed by atoms with Crippen LogP contribution in [0, 0.1) is 11.3 Å². The first-order valence-corrected chi connectivity index (χ1v) is 4.89. The first kappa shape index (κ1) is 12.0. The van der Waals surface area contributed by atoms with Gasteiger partial charge in [-0.05, 0) is 38.0 Å². The summed E-state index contributed by atoms with van der Waals surface area (Å²) in [4.78, 5) is 0. The fourth-order valence-electron chi connectivity index (χ4n) is 2.02. The molecule has 74 valence electrons. The van der Waals surface area contributed by atoms with Gasteiger partial charge in [-0.2, -0.15) is 0 Å². The molecule has 0 heterocycles. The van der Waals surface area contributed by atoms with Crippen LogP contribution < -0.4 is 5.73 Å². The van der Waals surface area contributed by atoms with Crippen LogP contribution in [-0.2, 0) is 0 Å². The van der Waals surface area contributed by atoms with E-state index in [0.29, 0.717) is 5.41 Å². The van der Waals surface area contributed by atoms with Crippen LogP contribution in [0.1, 0.15) is 54.4 Å². The summed E-state index contributed by atoms with van der Waals surface area (Å²) in [6.07, 6.45) is 2.37. The molecule has 0 rings (SSSR count). The Labute approximate surface area is 77.7 Å². The average molecular weight is 171 g/mol. The lowest BCUT2D eigenvalue weighted by molar-refractivity contribution is 0.264. The average Bonchev–Trinajstić information content (AvgIpc) is 1.49. The second kappa shape index (κ2) is 3.78. The molecule has 1 nitrogen and oxygen atoms in total. The monoisotopic (exact) mass is 171 g/mol. The van der Waals surface area contributed by atoms with E-state index in [9.17, 15) is 0 Å². The molecule has 0 bridgehead atoms. The van der Waals surface area contributed by atoms with E-state index in [4.69, 9.17) is 5.73 Å². The van der Waals surface area contributed by atoms with Crippen LogP contribution in [0.25, 0.3) is 0 Å². The summed E-state index contributed by atoms with van der Waals surface area (Å²) < 4.78 is 0. The molecule has 0 aromatic rings. The number of hydrogen-bond acceptors (Lipinski definition) is 1. The Morgan fingerprint density at radius 1 is 1.00 bits per heavy atom. The van der Waals surface area contributed by atoms with Gasteiger partial charge in [-0.25, -0.2) is 0 Å². The lowest BCUT2D eigenvalue weighted by Crippen LogP contribution is -2.34. The zero-order valence-electron chi connectivity index (χ0n) is 9.57. The number of nitrogens with two attached hydrogens (primary N) is 1. The second-order valence-corrected chi connectivity index (χ2v) is 6.06. The van der Waals surface area contributed by atoms with Crippen LogP contribution in [0.15, 0.2) is 0 Å². The molecule has 0 saturated carbocycles. The molecule has 1 atom stereocenters. The minimum absolute atomic E-state index is 0.00926. The van der Waals surface area contributed by atoms with E-state index in [1.165, 1.54) is 6.42 Å². The Balaban J connectivity index is 3.83. The second-order valence-electron chi connectivity index (χ2n) is 6.06. The highest BCUT2D eigenvalue weighted by Crippen LogP contribution is 2.28. The van der Waals surface area contributed by atoms with Crippen molar-refractivity contribution in [2.45, 2.75) is 59.9 Å². The number of hydrogen-bond donors (Lipinski definition) is 1. The molecule has 0 aromatic heterocycles. The van der Waals surface area contributed by atoms with Crippen molar-refractivity contribution in [2.24, 2.45) is 17.1 Å². The van der Waals surface area contributed by atoms with Gasteiger partial charge in [0.2, 0.25) is 0 Å². The molecule has 12 heavy (non-hydrogen) atoms. The molecule has 2 N–H and O–H groups in total. The highest BCUT2D eigenvalue weighted by molar-refractivity contribution is 4.77. The van der Waals surface area contributed by atoms with Gasteiger partial charge in [-0.15, -0.1) is 0 Å². The van der Waals surface area contributed by atoms with Gasteiger partial charge in [-0.3, -0.25) is 0 Å². The van der Waals surface area contributed by atoms with E-state index >= 15 is 0 Å². The van der Waals surface area contributed by atoms with Crippen molar-refractivity contribution in [2.75, 3.05) is 0 Å². The SMILES string of the molecule is CC(CC(C)(C)C)CC(C)(C)N. The molecular weight excluding hydrogens is 146 g/mol. The molecule has 0 aromatic carbocycles. The van der Waals surface area contributed by atoms with Crippen molar-refractivity contribution < 1.29 is 0 Å². The van der Waals surface area contributed by atoms with E-state index in [0.717, 1.165) is 12.3 Å². The predicted octanol–water partition coefficient (Wildman–Crippen LogP) is 3.19. The van der Waals surface area contributed by atoms with Crippen molar-refractivity contribution >= 4 is 0 Å². The summed E-state index contributed by atoms with van der Waals surface area (Å²) in [5.74, 6) is 0.727. The molecule has 0 aliphatic carbocycles. The van der Waals surface area contributed by atoms with Gasteiger partial charge in [0, 0.05) is 5.54 Å². The Hall–Kier alpha value is -0.0400. The van der Waals surface area contributed by atoms with Crippen molar-refractivity contribution in [3.05, 3.63) is 0 Å². The van der Waals surface area contributed by atoms with Crippen LogP contribution >= 0.6 is 0 Å². The first-order chi connectivity index (χ1) is 5.10. The Kier molecular flexibility index (Phi) is 3.77. The van der Waals surface area contributed by atoms with Crippen LogP contribution in [0.4, 0.5) is 0 Å². The fourth-order valence-corrected chi connectivity index (χ4v) is 2.02. The Morgan fingerprint density at radius 2 is 1.42 bits per heavy atom. The van der Waals surface area contributed by atoms with E-state index in [1.54, 1.807) is 0 Å². The van der Waals surface area contributed by atoms with Crippen molar-refractivity contribution in [3.8, 4) is 0 Å². The van der Waals surface area contributed by atoms with Gasteiger partial charge < -0.3 is 5.73 Å². The normalized spacial score (nSPS) is 16.2. The fraction of sp³-hybridized carbons (Fsp3) is 1.00. The predicted molar refractivity (Wildman–Crippen MR) is 56.1 cm³/mol. The van der Waals surface area contributed by atoms with E-state index in [-0.39, 0.29) is 5.54 Å². The third-order valence-electron chi connectivity index (χ3n) is 1.84. The summed E-state index contributed by atoms with van der Waals surface area (Å²) >= 11 is 0. The van der Waals surface area contributed by atoms with E-state index in [2.05, 4.69) is 41.5 Å². The maximum absolute atomic E-state index is 5.96. The summed E-state index contributed by atoms with van der Waals surface area (Å²) in [5.41, 5.74) is 6.38. The van der Waals surface area contributed by atoms with Crippen LogP contribution in [0.5, 0.6) is 0 Å². The lowest BCUT2D eigenvalue weighted by atomic mass is 9.80. The van der Waals surface area contributed by atoms with Crippen LogP contribution in [-0.4, -0.2) is 5.54 Å². The van der Waals surface area contributed by atoms with E-state index in [1.807, 2.05) is 0 Å². The molecule has 0 saturated heterocycles. The third-order valence-corrected chi connectivity index (χ3v) is 1.84. The molecule has 0 aliphatic rings. The van der Waals surface area contributed by atoms with Crippen LogP contribution in [0.2, 0.25) is 0 Å². The standard InChI is InChI=1S/C11H25N/c1-9(7-10(2,3)4)8-11(5,6)12/h9H,7-8,12H2,1-6H3. The summed E-state index contributed by atoms with van der Waals surface area (Å²) in [6, 6.07) is 0. The zero-order chi connectivity index (χ0) is 9.99. The molecular formula is C11H25N. The Morgan fingerprint density at radius 3 is 1.67 bits per heavy atom. The zero-order valence-corrected chi connectivity index (χ0v) is 9.57. The number of rotatable bonds is 3. The van der Waals surface area contributed by atoms with Gasteiger partial charge in [0.1, 0.15) is 0 Å². The highest BCUT2D eigenvalue weighted by atomic mass is 14.7. The minimum Gasteiger partial charge on any atom is -0.326 e. The molecule has 0 fully saturated rings. The van der Waals surface area contributed by atoms with Crippen molar-refractivity contribution in [1.82, 2.24) is 0 Å². The first-order valence-electron chi connectivity index (χ1n) is 4.89. The minimum atomic E-state index is -0.00926. The third kappa shape index (κ3) is 8.06. The van der Waals surface area contributed by atoms with Gasteiger partial charge in [0.25, 0.3) is 0 Å². The van der Waals surface area contributed by atoms with Gasteiger partial charge in [0.15, 0.2) is 0 Å². The maximum Gasteiger partial charge on any atom is 0.00995 e. The van der Waals surface area contributed by atoms with Crippen molar-refractivity contribution in [3.63, 3.8) is 0 Å². The van der Waals surface area contributed by atoms with Crippen LogP contribution in [0.3, 0.4) is 0 Å². The van der Waals surface area contributed by atoms with Gasteiger partial charge in [-0.1, -0.05) is 27.7 Å². The molecule has 0 radical (unpaired) electrons. The lowest BCUT2D eigenvalue weighted by Gasteiger charge is -2.28. The molecule has 0 amide bonds. The van der Waals surface area contributed by atoms with Gasteiger partial charge >= 0.3 is 0 Å². The summed E-state index contributed by atoms with van der Waals surface area (Å²) in [5, 5.41) is 0. The maximum atomic E-state index is 5.96. The quantitative estimate of drug-likeness (QED) is 0.693. The van der Waals surface area contributed by atoms with Crippen molar-refractivity contribution in [1.29, 1.82) is 0 Å². The Bertz CT molecular complexity index is 109. The largest absolute Gasteiger partial charge is 0.326 e. The molecule has 1 unspecified atom stereocenters. The molecule has 0 spiro atoms. The topological polar surface area (TPSA) is 26.0 Å². The molecule has 1 heteroatoms. The summed E-state index contributed by atoms with van der Waals surface area (Å²) in [7, 11) is 0.